The molecule has 3 aromatic rings. The van der Waals surface area contributed by atoms with Crippen molar-refractivity contribution < 1.29 is 4.52 Å². The molecule has 4 rings (SSSR count). The number of benzene rings is 1. The second-order valence-electron chi connectivity index (χ2n) is 5.60. The summed E-state index contributed by atoms with van der Waals surface area (Å²) in [7, 11) is 0. The van der Waals surface area contributed by atoms with E-state index in [0.717, 1.165) is 40.2 Å². The molecular weight excluding hydrogens is 298 g/mol. The Morgan fingerprint density at radius 3 is 2.50 bits per heavy atom. The average molecular weight is 327 g/mol. The minimum Gasteiger partial charge on any atom is -0.361 e. The largest absolute Gasteiger partial charge is 0.361 e. The van der Waals surface area contributed by atoms with E-state index < -0.39 is 0 Å². The van der Waals surface area contributed by atoms with Gasteiger partial charge >= 0.3 is 0 Å². The molecule has 1 fully saturated rings. The van der Waals surface area contributed by atoms with Gasteiger partial charge < -0.3 is 9.51 Å². The average Bonchev–Trinajstić information content (AvgIpc) is 3.21. The van der Waals surface area contributed by atoms with Crippen LogP contribution in [0, 0.1) is 6.92 Å². The van der Waals surface area contributed by atoms with E-state index in [4.69, 9.17) is 9.51 Å². The zero-order chi connectivity index (χ0) is 17.7. The van der Waals surface area contributed by atoms with Gasteiger partial charge in [0.05, 0.1) is 17.2 Å². The van der Waals surface area contributed by atoms with Crippen LogP contribution in [0.15, 0.2) is 22.9 Å². The predicted octanol–water partition coefficient (Wildman–Crippen LogP) is 6.02. The maximum absolute atomic E-state index is 5.30. The van der Waals surface area contributed by atoms with Gasteiger partial charge in [0.2, 0.25) is 0 Å². The standard InChI is InChI=1S/C16H17N3O.2C2H6/c1-3-14-12(8-17-20-14)11-6-9(2)15-13(7-11)18-16(19-15)10-4-5-10;2*1-2/h6-8,10H,3-5H2,1-2H3,(H,18,19);2*1-2H3. The van der Waals surface area contributed by atoms with Gasteiger partial charge in [-0.2, -0.15) is 0 Å². The summed E-state index contributed by atoms with van der Waals surface area (Å²) >= 11 is 0. The second-order valence-corrected chi connectivity index (χ2v) is 5.60. The zero-order valence-corrected chi connectivity index (χ0v) is 15.7. The van der Waals surface area contributed by atoms with Crippen LogP contribution in [0.3, 0.4) is 0 Å². The number of fused-ring (bicyclic) bond motifs is 1. The van der Waals surface area contributed by atoms with E-state index in [0.29, 0.717) is 5.92 Å². The van der Waals surface area contributed by atoms with E-state index in [1.807, 2.05) is 27.7 Å². The third-order valence-electron chi connectivity index (χ3n) is 4.04. The molecule has 0 radical (unpaired) electrons. The Labute approximate surface area is 144 Å². The van der Waals surface area contributed by atoms with Crippen molar-refractivity contribution in [3.05, 3.63) is 35.5 Å². The lowest BCUT2D eigenvalue weighted by Gasteiger charge is -2.02. The number of rotatable bonds is 3. The number of imidazole rings is 1. The topological polar surface area (TPSA) is 54.7 Å². The van der Waals surface area contributed by atoms with E-state index in [1.54, 1.807) is 6.20 Å². The number of aromatic amines is 1. The van der Waals surface area contributed by atoms with E-state index in [2.05, 4.69) is 36.1 Å². The van der Waals surface area contributed by atoms with Gasteiger partial charge in [0, 0.05) is 17.9 Å². The van der Waals surface area contributed by atoms with Crippen molar-refractivity contribution in [2.75, 3.05) is 0 Å². The van der Waals surface area contributed by atoms with Gasteiger partial charge in [-0.3, -0.25) is 0 Å². The fraction of sp³-hybridized carbons (Fsp3) is 0.500. The van der Waals surface area contributed by atoms with Crippen LogP contribution in [-0.4, -0.2) is 15.1 Å². The van der Waals surface area contributed by atoms with Crippen molar-refractivity contribution in [1.82, 2.24) is 15.1 Å². The molecule has 2 heterocycles. The van der Waals surface area contributed by atoms with Crippen LogP contribution >= 0.6 is 0 Å². The summed E-state index contributed by atoms with van der Waals surface area (Å²) in [5, 5.41) is 3.92. The zero-order valence-electron chi connectivity index (χ0n) is 15.7. The summed E-state index contributed by atoms with van der Waals surface area (Å²) < 4.78 is 5.30. The Hall–Kier alpha value is -2.10. The molecule has 0 amide bonds. The third-order valence-corrected chi connectivity index (χ3v) is 4.04. The van der Waals surface area contributed by atoms with E-state index >= 15 is 0 Å². The number of aromatic nitrogens is 3. The molecule has 0 atom stereocenters. The number of hydrogen-bond donors (Lipinski definition) is 1. The first-order valence-electron chi connectivity index (χ1n) is 9.20. The molecule has 1 aliphatic rings. The van der Waals surface area contributed by atoms with E-state index in [1.165, 1.54) is 18.4 Å². The highest BCUT2D eigenvalue weighted by atomic mass is 16.5. The number of hydrogen-bond acceptors (Lipinski definition) is 3. The minimum absolute atomic E-state index is 0.645. The third kappa shape index (κ3) is 3.53. The SMILES string of the molecule is CC.CC.CCc1oncc1-c1cc(C)c2nc(C3CC3)[nH]c2c1. The molecule has 0 spiro atoms. The van der Waals surface area contributed by atoms with Crippen molar-refractivity contribution in [1.29, 1.82) is 0 Å². The fourth-order valence-corrected chi connectivity index (χ4v) is 2.77. The Morgan fingerprint density at radius 1 is 1.17 bits per heavy atom. The molecular formula is C20H29N3O. The summed E-state index contributed by atoms with van der Waals surface area (Å²) in [4.78, 5) is 8.22. The Balaban J connectivity index is 0.000000487. The van der Waals surface area contributed by atoms with Gasteiger partial charge in [-0.15, -0.1) is 0 Å². The summed E-state index contributed by atoms with van der Waals surface area (Å²) in [5.41, 5.74) is 5.64. The minimum atomic E-state index is 0.645. The molecule has 4 nitrogen and oxygen atoms in total. The van der Waals surface area contributed by atoms with Crippen molar-refractivity contribution in [3.63, 3.8) is 0 Å². The molecule has 0 aliphatic heterocycles. The van der Waals surface area contributed by atoms with Gasteiger partial charge in [-0.1, -0.05) is 39.8 Å². The lowest BCUT2D eigenvalue weighted by atomic mass is 10.0. The van der Waals surface area contributed by atoms with Crippen molar-refractivity contribution in [2.24, 2.45) is 0 Å². The van der Waals surface area contributed by atoms with Gasteiger partial charge in [-0.05, 0) is 43.0 Å². The number of aryl methyl sites for hydroxylation is 2. The molecule has 0 bridgehead atoms. The van der Waals surface area contributed by atoms with Crippen LogP contribution in [0.1, 0.15) is 70.5 Å². The van der Waals surface area contributed by atoms with Crippen LogP contribution in [0.25, 0.3) is 22.2 Å². The number of nitrogens with zero attached hydrogens (tertiary/aromatic N) is 2. The first kappa shape index (κ1) is 18.2. The number of H-pyrrole nitrogens is 1. The monoisotopic (exact) mass is 327 g/mol. The summed E-state index contributed by atoms with van der Waals surface area (Å²) in [5.74, 6) is 2.72. The molecule has 1 aromatic carbocycles. The van der Waals surface area contributed by atoms with E-state index in [9.17, 15) is 0 Å². The van der Waals surface area contributed by atoms with Crippen molar-refractivity contribution in [3.8, 4) is 11.1 Å². The highest BCUT2D eigenvalue weighted by molar-refractivity contribution is 5.85. The molecule has 0 saturated heterocycles. The maximum atomic E-state index is 5.30. The van der Waals surface area contributed by atoms with Crippen LogP contribution in [0.2, 0.25) is 0 Å². The summed E-state index contributed by atoms with van der Waals surface area (Å²) in [6.45, 7) is 12.2. The molecule has 24 heavy (non-hydrogen) atoms. The van der Waals surface area contributed by atoms with Crippen molar-refractivity contribution in [2.45, 2.75) is 66.7 Å². The molecule has 1 saturated carbocycles. The molecule has 1 N–H and O–H groups in total. The first-order chi connectivity index (χ1) is 11.8. The number of nitrogens with one attached hydrogen (secondary N) is 1. The quantitative estimate of drug-likeness (QED) is 0.640. The second kappa shape index (κ2) is 8.13. The Morgan fingerprint density at radius 2 is 1.88 bits per heavy atom. The highest BCUT2D eigenvalue weighted by Crippen LogP contribution is 2.40. The van der Waals surface area contributed by atoms with Gasteiger partial charge in [0.15, 0.2) is 0 Å². The van der Waals surface area contributed by atoms with Crippen LogP contribution in [-0.2, 0) is 6.42 Å². The van der Waals surface area contributed by atoms with Crippen molar-refractivity contribution >= 4 is 11.0 Å². The van der Waals surface area contributed by atoms with Gasteiger partial charge in [-0.25, -0.2) is 4.98 Å². The Kier molecular flexibility index (Phi) is 6.18. The van der Waals surface area contributed by atoms with Crippen LogP contribution < -0.4 is 0 Å². The smallest absolute Gasteiger partial charge is 0.144 e. The molecule has 4 heteroatoms. The molecule has 0 unspecified atom stereocenters. The first-order valence-corrected chi connectivity index (χ1v) is 9.20. The summed E-state index contributed by atoms with van der Waals surface area (Å²) in [6, 6.07) is 4.33. The molecule has 2 aromatic heterocycles. The lowest BCUT2D eigenvalue weighted by molar-refractivity contribution is 0.387. The van der Waals surface area contributed by atoms with E-state index in [-0.39, 0.29) is 0 Å². The van der Waals surface area contributed by atoms with Gasteiger partial charge in [0.25, 0.3) is 0 Å². The van der Waals surface area contributed by atoms with Crippen LogP contribution in [0.5, 0.6) is 0 Å². The summed E-state index contributed by atoms with van der Waals surface area (Å²) in [6.07, 6.45) is 5.18. The van der Waals surface area contributed by atoms with Crippen LogP contribution in [0.4, 0.5) is 0 Å². The predicted molar refractivity (Wildman–Crippen MR) is 100 cm³/mol. The maximum Gasteiger partial charge on any atom is 0.144 e. The lowest BCUT2D eigenvalue weighted by Crippen LogP contribution is -1.85. The Bertz CT molecular complexity index is 781. The molecule has 130 valence electrons. The highest BCUT2D eigenvalue weighted by Gasteiger charge is 2.27. The fourth-order valence-electron chi connectivity index (χ4n) is 2.77. The normalized spacial score (nSPS) is 13.1. The van der Waals surface area contributed by atoms with Gasteiger partial charge in [0.1, 0.15) is 11.6 Å². The molecule has 1 aliphatic carbocycles.